The molecule has 1 aromatic carbocycles. The SMILES string of the molecule is Cc1cc(C)nc(NC(=NC2CC(C)(C)NC(C)(C)C2)NC(=S)Nc2ccccc2)n1. The molecule has 1 aromatic heterocycles. The number of benzene rings is 1. The molecule has 0 atom stereocenters. The van der Waals surface area contributed by atoms with Gasteiger partial charge in [0.2, 0.25) is 11.9 Å². The number of rotatable bonds is 3. The van der Waals surface area contributed by atoms with Gasteiger partial charge in [-0.25, -0.2) is 15.0 Å². The van der Waals surface area contributed by atoms with Crippen LogP contribution >= 0.6 is 12.2 Å². The summed E-state index contributed by atoms with van der Waals surface area (Å²) in [6.45, 7) is 12.8. The van der Waals surface area contributed by atoms with Crippen LogP contribution in [-0.2, 0) is 0 Å². The average molecular weight is 440 g/mol. The Balaban J connectivity index is 1.84. The van der Waals surface area contributed by atoms with E-state index in [4.69, 9.17) is 17.2 Å². The Bertz CT molecular complexity index is 917. The Morgan fingerprint density at radius 1 is 1.00 bits per heavy atom. The Morgan fingerprint density at radius 2 is 1.58 bits per heavy atom. The van der Waals surface area contributed by atoms with Crippen molar-refractivity contribution in [1.82, 2.24) is 20.6 Å². The van der Waals surface area contributed by atoms with E-state index in [0.29, 0.717) is 17.0 Å². The first-order chi connectivity index (χ1) is 14.5. The molecule has 1 saturated heterocycles. The largest absolute Gasteiger partial charge is 0.332 e. The molecule has 8 heteroatoms. The van der Waals surface area contributed by atoms with E-state index in [9.17, 15) is 0 Å². The van der Waals surface area contributed by atoms with Crippen LogP contribution in [-0.4, -0.2) is 38.2 Å². The van der Waals surface area contributed by atoms with Crippen LogP contribution in [0.3, 0.4) is 0 Å². The van der Waals surface area contributed by atoms with Crippen molar-refractivity contribution >= 4 is 34.9 Å². The first-order valence-corrected chi connectivity index (χ1v) is 11.0. The molecule has 166 valence electrons. The Morgan fingerprint density at radius 3 is 2.16 bits per heavy atom. The molecule has 2 aromatic rings. The fourth-order valence-electron chi connectivity index (χ4n) is 4.32. The summed E-state index contributed by atoms with van der Waals surface area (Å²) in [4.78, 5) is 14.0. The topological polar surface area (TPSA) is 86.3 Å². The van der Waals surface area contributed by atoms with E-state index in [1.807, 2.05) is 50.2 Å². The molecule has 2 heterocycles. The highest BCUT2D eigenvalue weighted by atomic mass is 32.1. The zero-order valence-electron chi connectivity index (χ0n) is 19.2. The third kappa shape index (κ3) is 7.25. The quantitative estimate of drug-likeness (QED) is 0.325. The van der Waals surface area contributed by atoms with E-state index in [-0.39, 0.29) is 17.1 Å². The van der Waals surface area contributed by atoms with Gasteiger partial charge < -0.3 is 16.0 Å². The zero-order valence-corrected chi connectivity index (χ0v) is 20.0. The number of aryl methyl sites for hydroxylation is 2. The molecule has 0 radical (unpaired) electrons. The van der Waals surface area contributed by atoms with Crippen molar-refractivity contribution in [2.75, 3.05) is 10.6 Å². The van der Waals surface area contributed by atoms with Crippen LogP contribution < -0.4 is 21.3 Å². The van der Waals surface area contributed by atoms with E-state index in [2.05, 4.69) is 58.9 Å². The molecule has 0 spiro atoms. The molecule has 4 N–H and O–H groups in total. The molecule has 31 heavy (non-hydrogen) atoms. The van der Waals surface area contributed by atoms with Crippen LogP contribution in [0, 0.1) is 13.8 Å². The summed E-state index contributed by atoms with van der Waals surface area (Å²) < 4.78 is 0. The smallest absolute Gasteiger partial charge is 0.229 e. The van der Waals surface area contributed by atoms with Gasteiger partial charge >= 0.3 is 0 Å². The first kappa shape index (κ1) is 23.1. The molecule has 3 rings (SSSR count). The van der Waals surface area contributed by atoms with Gasteiger partial charge in [-0.3, -0.25) is 5.32 Å². The number of thiocarbonyl (C=S) groups is 1. The second kappa shape index (κ2) is 9.28. The van der Waals surface area contributed by atoms with Gasteiger partial charge in [-0.15, -0.1) is 0 Å². The molecule has 0 amide bonds. The standard InChI is InChI=1S/C23H33N7S/c1-15-12-16(2)25-19(24-15)28-20(29-21(31)27-17-10-8-7-9-11-17)26-18-13-22(3,4)30-23(5,6)14-18/h7-12,18,30H,13-14H2,1-6H3,(H3,24,25,26,27,28,29,31). The predicted octanol–water partition coefficient (Wildman–Crippen LogP) is 4.16. The summed E-state index contributed by atoms with van der Waals surface area (Å²) in [6.07, 6.45) is 1.83. The summed E-state index contributed by atoms with van der Waals surface area (Å²) >= 11 is 5.54. The summed E-state index contributed by atoms with van der Waals surface area (Å²) in [6, 6.07) is 11.9. The van der Waals surface area contributed by atoms with E-state index >= 15 is 0 Å². The minimum Gasteiger partial charge on any atom is -0.332 e. The lowest BCUT2D eigenvalue weighted by Crippen LogP contribution is -2.59. The van der Waals surface area contributed by atoms with Gasteiger partial charge in [0.25, 0.3) is 0 Å². The van der Waals surface area contributed by atoms with Crippen LogP contribution in [0.25, 0.3) is 0 Å². The van der Waals surface area contributed by atoms with Crippen molar-refractivity contribution in [3.05, 3.63) is 47.8 Å². The fraction of sp³-hybridized carbons (Fsp3) is 0.478. The maximum atomic E-state index is 5.54. The third-order valence-corrected chi connectivity index (χ3v) is 5.16. The number of hydrogen-bond donors (Lipinski definition) is 4. The van der Waals surface area contributed by atoms with Crippen molar-refractivity contribution in [1.29, 1.82) is 0 Å². The average Bonchev–Trinajstić information content (AvgIpc) is 2.58. The molecule has 1 fully saturated rings. The maximum absolute atomic E-state index is 5.54. The van der Waals surface area contributed by atoms with Gasteiger partial charge in [0.15, 0.2) is 5.11 Å². The number of aliphatic imine (C=N–C) groups is 1. The second-order valence-corrected chi connectivity index (χ2v) is 9.89. The number of piperidine rings is 1. The van der Waals surface area contributed by atoms with Crippen LogP contribution in [0.2, 0.25) is 0 Å². The Kier molecular flexibility index (Phi) is 6.91. The zero-order chi connectivity index (χ0) is 22.6. The molecule has 1 aliphatic rings. The lowest BCUT2D eigenvalue weighted by molar-refractivity contribution is 0.164. The van der Waals surface area contributed by atoms with Gasteiger partial charge in [-0.2, -0.15) is 0 Å². The fourth-order valence-corrected chi connectivity index (χ4v) is 4.53. The van der Waals surface area contributed by atoms with E-state index in [1.54, 1.807) is 0 Å². The van der Waals surface area contributed by atoms with Crippen molar-refractivity contribution < 1.29 is 0 Å². The number of guanidine groups is 1. The number of nitrogens with one attached hydrogen (secondary N) is 4. The predicted molar refractivity (Wildman–Crippen MR) is 133 cm³/mol. The highest BCUT2D eigenvalue weighted by molar-refractivity contribution is 7.80. The van der Waals surface area contributed by atoms with Gasteiger partial charge in [0.05, 0.1) is 6.04 Å². The van der Waals surface area contributed by atoms with Crippen molar-refractivity contribution in [3.8, 4) is 0 Å². The van der Waals surface area contributed by atoms with Crippen LogP contribution in [0.4, 0.5) is 11.6 Å². The third-order valence-electron chi connectivity index (χ3n) is 4.96. The number of anilines is 2. The molecule has 7 nitrogen and oxygen atoms in total. The highest BCUT2D eigenvalue weighted by Gasteiger charge is 2.37. The minimum atomic E-state index is -0.0136. The van der Waals surface area contributed by atoms with Gasteiger partial charge in [-0.1, -0.05) is 18.2 Å². The summed E-state index contributed by atoms with van der Waals surface area (Å²) in [5, 5.41) is 13.8. The second-order valence-electron chi connectivity index (χ2n) is 9.48. The first-order valence-electron chi connectivity index (χ1n) is 10.6. The Labute approximate surface area is 190 Å². The Hall–Kier alpha value is -2.58. The van der Waals surface area contributed by atoms with Crippen LogP contribution in [0.15, 0.2) is 41.4 Å². The molecule has 0 bridgehead atoms. The molecule has 0 aliphatic carbocycles. The summed E-state index contributed by atoms with van der Waals surface area (Å²) in [5.41, 5.74) is 2.67. The summed E-state index contributed by atoms with van der Waals surface area (Å²) in [5.74, 6) is 1.04. The van der Waals surface area contributed by atoms with E-state index in [0.717, 1.165) is 29.9 Å². The van der Waals surface area contributed by atoms with Gasteiger partial charge in [0.1, 0.15) is 0 Å². The van der Waals surface area contributed by atoms with Crippen molar-refractivity contribution in [2.45, 2.75) is 71.5 Å². The number of nitrogens with zero attached hydrogens (tertiary/aromatic N) is 3. The normalized spacial score (nSPS) is 18.3. The molecular weight excluding hydrogens is 406 g/mol. The van der Waals surface area contributed by atoms with Crippen molar-refractivity contribution in [2.24, 2.45) is 4.99 Å². The number of hydrogen-bond acceptors (Lipinski definition) is 5. The van der Waals surface area contributed by atoms with E-state index in [1.165, 1.54) is 0 Å². The highest BCUT2D eigenvalue weighted by Crippen LogP contribution is 2.30. The summed E-state index contributed by atoms with van der Waals surface area (Å²) in [7, 11) is 0. The minimum absolute atomic E-state index is 0.0136. The van der Waals surface area contributed by atoms with Crippen LogP contribution in [0.1, 0.15) is 51.9 Å². The maximum Gasteiger partial charge on any atom is 0.229 e. The van der Waals surface area contributed by atoms with Crippen LogP contribution in [0.5, 0.6) is 0 Å². The number of para-hydroxylation sites is 1. The van der Waals surface area contributed by atoms with Crippen molar-refractivity contribution in [3.63, 3.8) is 0 Å². The number of aromatic nitrogens is 2. The molecule has 1 aliphatic heterocycles. The molecular formula is C23H33N7S. The lowest BCUT2D eigenvalue weighted by Gasteiger charge is -2.45. The van der Waals surface area contributed by atoms with Gasteiger partial charge in [0, 0.05) is 28.2 Å². The molecule has 0 saturated carbocycles. The lowest BCUT2D eigenvalue weighted by atomic mass is 9.80. The van der Waals surface area contributed by atoms with Gasteiger partial charge in [-0.05, 0) is 84.8 Å². The van der Waals surface area contributed by atoms with E-state index < -0.39 is 0 Å². The molecule has 0 unspecified atom stereocenters. The monoisotopic (exact) mass is 439 g/mol.